The van der Waals surface area contributed by atoms with Gasteiger partial charge in [-0.3, -0.25) is 4.40 Å². The third-order valence-corrected chi connectivity index (χ3v) is 3.46. The Bertz CT molecular complexity index is 863. The summed E-state index contributed by atoms with van der Waals surface area (Å²) in [6, 6.07) is 7.72. The maximum atomic E-state index is 13.7. The van der Waals surface area contributed by atoms with E-state index in [1.54, 1.807) is 35.7 Å². The van der Waals surface area contributed by atoms with Gasteiger partial charge in [-0.05, 0) is 36.8 Å². The van der Waals surface area contributed by atoms with Gasteiger partial charge in [-0.15, -0.1) is 10.2 Å². The van der Waals surface area contributed by atoms with Gasteiger partial charge in [0, 0.05) is 6.20 Å². The van der Waals surface area contributed by atoms with Crippen LogP contribution in [0.3, 0.4) is 0 Å². The molecule has 0 aliphatic carbocycles. The highest BCUT2D eigenvalue weighted by Gasteiger charge is 2.16. The fraction of sp³-hybridized carbons (Fsp3) is 0.188. The predicted molar refractivity (Wildman–Crippen MR) is 79.8 cm³/mol. The topological polar surface area (TPSA) is 65.7 Å². The van der Waals surface area contributed by atoms with Crippen molar-refractivity contribution in [3.63, 3.8) is 0 Å². The van der Waals surface area contributed by atoms with E-state index >= 15 is 0 Å². The lowest BCUT2D eigenvalue weighted by atomic mass is 10.1. The number of rotatable bonds is 4. The maximum Gasteiger partial charge on any atom is 0.340 e. The second-order valence-corrected chi connectivity index (χ2v) is 4.96. The molecule has 0 bridgehead atoms. The Morgan fingerprint density at radius 1 is 1.30 bits per heavy atom. The zero-order valence-electron chi connectivity index (χ0n) is 12.6. The van der Waals surface area contributed by atoms with Crippen LogP contribution in [0.2, 0.25) is 0 Å². The Kier molecular flexibility index (Phi) is 3.92. The van der Waals surface area contributed by atoms with Crippen LogP contribution in [0.15, 0.2) is 42.9 Å². The molecule has 0 saturated heterocycles. The van der Waals surface area contributed by atoms with Crippen molar-refractivity contribution in [1.29, 1.82) is 0 Å². The van der Waals surface area contributed by atoms with Crippen LogP contribution < -0.4 is 4.74 Å². The smallest absolute Gasteiger partial charge is 0.340 e. The van der Waals surface area contributed by atoms with E-state index < -0.39 is 17.9 Å². The van der Waals surface area contributed by atoms with Crippen LogP contribution in [0.1, 0.15) is 28.9 Å². The number of carbonyl (C=O) groups is 1. The number of esters is 1. The molecule has 3 aromatic rings. The van der Waals surface area contributed by atoms with Crippen molar-refractivity contribution in [1.82, 2.24) is 14.6 Å². The van der Waals surface area contributed by atoms with E-state index in [9.17, 15) is 9.18 Å². The molecule has 1 unspecified atom stereocenters. The van der Waals surface area contributed by atoms with Crippen molar-refractivity contribution in [3.8, 4) is 5.75 Å². The third kappa shape index (κ3) is 2.98. The molecule has 0 radical (unpaired) electrons. The molecule has 7 heteroatoms. The molecule has 0 aliphatic heterocycles. The van der Waals surface area contributed by atoms with Crippen molar-refractivity contribution in [3.05, 3.63) is 59.8 Å². The molecule has 0 N–H and O–H groups in total. The predicted octanol–water partition coefficient (Wildman–Crippen LogP) is 2.80. The van der Waals surface area contributed by atoms with Crippen molar-refractivity contribution < 1.29 is 18.7 Å². The van der Waals surface area contributed by atoms with Crippen LogP contribution in [0, 0.1) is 5.82 Å². The number of pyridine rings is 1. The minimum absolute atomic E-state index is 0.144. The number of aromatic nitrogens is 3. The minimum Gasteiger partial charge on any atom is -0.494 e. The first-order valence-corrected chi connectivity index (χ1v) is 6.92. The summed E-state index contributed by atoms with van der Waals surface area (Å²) >= 11 is 0. The molecule has 0 saturated carbocycles. The van der Waals surface area contributed by atoms with Crippen molar-refractivity contribution in [2.45, 2.75) is 13.0 Å². The summed E-state index contributed by atoms with van der Waals surface area (Å²) in [7, 11) is 1.39. The second kappa shape index (κ2) is 6.04. The quantitative estimate of drug-likeness (QED) is 0.693. The Morgan fingerprint density at radius 2 is 2.13 bits per heavy atom. The molecule has 0 amide bonds. The van der Waals surface area contributed by atoms with Crippen LogP contribution in [0.25, 0.3) is 5.65 Å². The molecule has 6 nitrogen and oxygen atoms in total. The summed E-state index contributed by atoms with van der Waals surface area (Å²) in [6.07, 6.45) is 2.48. The number of carbonyl (C=O) groups excluding carboxylic acids is 1. The average molecular weight is 315 g/mol. The van der Waals surface area contributed by atoms with Crippen molar-refractivity contribution >= 4 is 11.6 Å². The third-order valence-electron chi connectivity index (χ3n) is 3.46. The molecule has 0 fully saturated rings. The second-order valence-electron chi connectivity index (χ2n) is 4.96. The van der Waals surface area contributed by atoms with E-state index in [0.29, 0.717) is 16.8 Å². The molecule has 118 valence electrons. The highest BCUT2D eigenvalue weighted by molar-refractivity contribution is 5.89. The Labute approximate surface area is 131 Å². The van der Waals surface area contributed by atoms with Gasteiger partial charge in [-0.25, -0.2) is 9.18 Å². The minimum atomic E-state index is -0.598. The summed E-state index contributed by atoms with van der Waals surface area (Å²) < 4.78 is 25.6. The van der Waals surface area contributed by atoms with Crippen LogP contribution in [-0.2, 0) is 4.74 Å². The number of hydrogen-bond acceptors (Lipinski definition) is 5. The Morgan fingerprint density at radius 3 is 2.87 bits per heavy atom. The van der Waals surface area contributed by atoms with Gasteiger partial charge in [0.1, 0.15) is 12.4 Å². The standard InChI is InChI=1S/C16H14FN3O3/c1-10(11-3-5-14(22-2)13(17)7-11)23-16(21)12-4-6-15-19-18-9-20(15)8-12/h3-10H,1-2H3. The van der Waals surface area contributed by atoms with E-state index in [4.69, 9.17) is 9.47 Å². The molecule has 2 aromatic heterocycles. The first-order valence-electron chi connectivity index (χ1n) is 6.92. The monoisotopic (exact) mass is 315 g/mol. The highest BCUT2D eigenvalue weighted by Crippen LogP contribution is 2.24. The van der Waals surface area contributed by atoms with Gasteiger partial charge in [-0.2, -0.15) is 0 Å². The largest absolute Gasteiger partial charge is 0.494 e. The van der Waals surface area contributed by atoms with Crippen molar-refractivity contribution in [2.75, 3.05) is 7.11 Å². The lowest BCUT2D eigenvalue weighted by molar-refractivity contribution is 0.0336. The van der Waals surface area contributed by atoms with Crippen LogP contribution in [0.4, 0.5) is 4.39 Å². The zero-order chi connectivity index (χ0) is 16.4. The van der Waals surface area contributed by atoms with Gasteiger partial charge < -0.3 is 9.47 Å². The molecule has 0 spiro atoms. The molecular weight excluding hydrogens is 301 g/mol. The number of nitrogens with zero attached hydrogens (tertiary/aromatic N) is 3. The first-order chi connectivity index (χ1) is 11.1. The van der Waals surface area contributed by atoms with Gasteiger partial charge in [-0.1, -0.05) is 6.07 Å². The normalized spacial score (nSPS) is 12.1. The Balaban J connectivity index is 1.77. The highest BCUT2D eigenvalue weighted by atomic mass is 19.1. The number of methoxy groups -OCH3 is 1. The van der Waals surface area contributed by atoms with E-state index in [-0.39, 0.29) is 5.75 Å². The molecule has 3 rings (SSSR count). The molecule has 23 heavy (non-hydrogen) atoms. The number of benzene rings is 1. The van der Waals surface area contributed by atoms with Gasteiger partial charge in [0.15, 0.2) is 17.2 Å². The van der Waals surface area contributed by atoms with Crippen LogP contribution >= 0.6 is 0 Å². The van der Waals surface area contributed by atoms with Gasteiger partial charge in [0.05, 0.1) is 12.7 Å². The fourth-order valence-electron chi connectivity index (χ4n) is 2.18. The molecule has 2 heterocycles. The molecular formula is C16H14FN3O3. The molecule has 1 atom stereocenters. The molecule has 0 aliphatic rings. The summed E-state index contributed by atoms with van der Waals surface area (Å²) in [5.41, 5.74) is 1.53. The number of fused-ring (bicyclic) bond motifs is 1. The lowest BCUT2D eigenvalue weighted by Crippen LogP contribution is -2.10. The first kappa shape index (κ1) is 15.0. The van der Waals surface area contributed by atoms with E-state index in [1.807, 2.05) is 0 Å². The van der Waals surface area contributed by atoms with Gasteiger partial charge in [0.25, 0.3) is 0 Å². The fourth-order valence-corrected chi connectivity index (χ4v) is 2.18. The van der Waals surface area contributed by atoms with Crippen molar-refractivity contribution in [2.24, 2.45) is 0 Å². The number of ether oxygens (including phenoxy) is 2. The number of hydrogen-bond donors (Lipinski definition) is 0. The average Bonchev–Trinajstić information content (AvgIpc) is 3.02. The van der Waals surface area contributed by atoms with Gasteiger partial charge in [0.2, 0.25) is 0 Å². The van der Waals surface area contributed by atoms with Crippen LogP contribution in [-0.4, -0.2) is 27.7 Å². The van der Waals surface area contributed by atoms with Crippen LogP contribution in [0.5, 0.6) is 5.75 Å². The zero-order valence-corrected chi connectivity index (χ0v) is 12.6. The summed E-state index contributed by atoms with van der Waals surface area (Å²) in [6.45, 7) is 1.68. The summed E-state index contributed by atoms with van der Waals surface area (Å²) in [5, 5.41) is 7.60. The van der Waals surface area contributed by atoms with E-state index in [2.05, 4.69) is 10.2 Å². The summed E-state index contributed by atoms with van der Waals surface area (Å²) in [4.78, 5) is 12.2. The Hall–Kier alpha value is -2.96. The van der Waals surface area contributed by atoms with E-state index in [0.717, 1.165) is 0 Å². The van der Waals surface area contributed by atoms with Gasteiger partial charge >= 0.3 is 5.97 Å². The number of halogens is 1. The summed E-state index contributed by atoms with van der Waals surface area (Å²) in [5.74, 6) is -0.867. The lowest BCUT2D eigenvalue weighted by Gasteiger charge is -2.14. The molecule has 1 aromatic carbocycles. The maximum absolute atomic E-state index is 13.7. The SMILES string of the molecule is COc1ccc(C(C)OC(=O)c2ccc3nncn3c2)cc1F. The van der Waals surface area contributed by atoms with E-state index in [1.165, 1.54) is 25.6 Å².